The molecular formula is C13H21N3O2. The maximum atomic E-state index is 5.64. The molecule has 1 aliphatic heterocycles. The Morgan fingerprint density at radius 1 is 1.33 bits per heavy atom. The fourth-order valence-corrected chi connectivity index (χ4v) is 2.19. The molecular weight excluding hydrogens is 230 g/mol. The van der Waals surface area contributed by atoms with Gasteiger partial charge in [0.2, 0.25) is 5.88 Å². The molecule has 0 spiro atoms. The van der Waals surface area contributed by atoms with Crippen LogP contribution in [0.1, 0.15) is 31.4 Å². The lowest BCUT2D eigenvalue weighted by atomic mass is 10.0. The number of ether oxygens (including phenoxy) is 2. The molecule has 18 heavy (non-hydrogen) atoms. The van der Waals surface area contributed by atoms with Gasteiger partial charge in [-0.05, 0) is 25.8 Å². The van der Waals surface area contributed by atoms with Gasteiger partial charge in [-0.1, -0.05) is 6.42 Å². The summed E-state index contributed by atoms with van der Waals surface area (Å²) in [7, 11) is 1.60. The zero-order valence-corrected chi connectivity index (χ0v) is 10.9. The number of aromatic nitrogens is 2. The lowest BCUT2D eigenvalue weighted by molar-refractivity contribution is 0.104. The maximum Gasteiger partial charge on any atom is 0.237 e. The topological polar surface area (TPSA) is 56.3 Å². The quantitative estimate of drug-likeness (QED) is 0.777. The molecule has 0 saturated carbocycles. The fourth-order valence-electron chi connectivity index (χ4n) is 2.19. The largest absolute Gasteiger partial charge is 0.480 e. The second kappa shape index (κ2) is 7.28. The van der Waals surface area contributed by atoms with E-state index in [2.05, 4.69) is 15.3 Å². The molecule has 0 aromatic carbocycles. The molecule has 1 fully saturated rings. The summed E-state index contributed by atoms with van der Waals surface area (Å²) in [6.45, 7) is 2.35. The number of methoxy groups -OCH3 is 1. The fraction of sp³-hybridized carbons (Fsp3) is 0.692. The van der Waals surface area contributed by atoms with E-state index in [-0.39, 0.29) is 0 Å². The van der Waals surface area contributed by atoms with Crippen molar-refractivity contribution in [3.05, 3.63) is 18.1 Å². The Hall–Kier alpha value is -1.20. The van der Waals surface area contributed by atoms with Crippen molar-refractivity contribution in [1.82, 2.24) is 15.3 Å². The first-order valence-corrected chi connectivity index (χ1v) is 6.55. The summed E-state index contributed by atoms with van der Waals surface area (Å²) in [5.74, 6) is 0.549. The molecule has 0 bridgehead atoms. The molecule has 0 amide bonds. The predicted octanol–water partition coefficient (Wildman–Crippen LogP) is 1.53. The van der Waals surface area contributed by atoms with E-state index in [1.165, 1.54) is 19.3 Å². The summed E-state index contributed by atoms with van der Waals surface area (Å²) in [5.41, 5.74) is 0.761. The van der Waals surface area contributed by atoms with Crippen LogP contribution in [0.2, 0.25) is 0 Å². The highest BCUT2D eigenvalue weighted by molar-refractivity contribution is 5.15. The molecule has 2 heterocycles. The van der Waals surface area contributed by atoms with Gasteiger partial charge in [0, 0.05) is 25.0 Å². The second-order valence-corrected chi connectivity index (χ2v) is 4.50. The molecule has 5 heteroatoms. The van der Waals surface area contributed by atoms with Crippen LogP contribution in [0.4, 0.5) is 0 Å². The second-order valence-electron chi connectivity index (χ2n) is 4.50. The molecule has 1 saturated heterocycles. The average molecular weight is 251 g/mol. The van der Waals surface area contributed by atoms with Crippen LogP contribution in [0, 0.1) is 0 Å². The number of nitrogens with one attached hydrogen (secondary N) is 1. The summed E-state index contributed by atoms with van der Waals surface area (Å²) in [6, 6.07) is 0.613. The molecule has 0 aliphatic carbocycles. The number of nitrogens with zero attached hydrogens (tertiary/aromatic N) is 2. The van der Waals surface area contributed by atoms with Crippen molar-refractivity contribution in [3.63, 3.8) is 0 Å². The molecule has 0 unspecified atom stereocenters. The van der Waals surface area contributed by atoms with E-state index >= 15 is 0 Å². The summed E-state index contributed by atoms with van der Waals surface area (Å²) < 4.78 is 10.8. The number of hydrogen-bond acceptors (Lipinski definition) is 5. The molecule has 0 radical (unpaired) electrons. The van der Waals surface area contributed by atoms with Crippen LogP contribution < -0.4 is 10.1 Å². The monoisotopic (exact) mass is 251 g/mol. The Morgan fingerprint density at radius 2 is 2.22 bits per heavy atom. The minimum Gasteiger partial charge on any atom is -0.480 e. The Morgan fingerprint density at radius 3 is 3.00 bits per heavy atom. The minimum absolute atomic E-state index is 0.462. The first-order valence-electron chi connectivity index (χ1n) is 6.55. The SMILES string of the molecule is COc1nccnc1COCC[C@H]1CCCCN1. The normalized spacial score (nSPS) is 19.7. The molecule has 1 aliphatic rings. The van der Waals surface area contributed by atoms with Crippen LogP contribution in [0.5, 0.6) is 5.88 Å². The van der Waals surface area contributed by atoms with E-state index < -0.39 is 0 Å². The van der Waals surface area contributed by atoms with Gasteiger partial charge in [0.05, 0.1) is 13.7 Å². The highest BCUT2D eigenvalue weighted by atomic mass is 16.5. The van der Waals surface area contributed by atoms with Gasteiger partial charge < -0.3 is 14.8 Å². The molecule has 1 atom stereocenters. The third-order valence-electron chi connectivity index (χ3n) is 3.19. The van der Waals surface area contributed by atoms with E-state index in [1.54, 1.807) is 19.5 Å². The summed E-state index contributed by atoms with van der Waals surface area (Å²) in [5, 5.41) is 3.51. The molecule has 1 aromatic heterocycles. The highest BCUT2D eigenvalue weighted by Crippen LogP contribution is 2.13. The standard InChI is InChI=1S/C13H21N3O2/c1-17-13-12(15-7-8-16-13)10-18-9-5-11-4-2-3-6-14-11/h7-8,11,14H,2-6,9-10H2,1H3/t11-/m1/s1. The van der Waals surface area contributed by atoms with Crippen molar-refractivity contribution in [3.8, 4) is 5.88 Å². The Kier molecular flexibility index (Phi) is 5.36. The molecule has 5 nitrogen and oxygen atoms in total. The third kappa shape index (κ3) is 3.92. The van der Waals surface area contributed by atoms with Gasteiger partial charge in [0.1, 0.15) is 5.69 Å². The maximum absolute atomic E-state index is 5.64. The first kappa shape index (κ1) is 13.2. The number of piperidine rings is 1. The Bertz CT molecular complexity index is 354. The van der Waals surface area contributed by atoms with Crippen molar-refractivity contribution < 1.29 is 9.47 Å². The zero-order valence-electron chi connectivity index (χ0n) is 10.9. The zero-order chi connectivity index (χ0) is 12.6. The van der Waals surface area contributed by atoms with Crippen LogP contribution in [0.25, 0.3) is 0 Å². The summed E-state index contributed by atoms with van der Waals surface area (Å²) in [6.07, 6.45) is 8.22. The predicted molar refractivity (Wildman–Crippen MR) is 68.5 cm³/mol. The van der Waals surface area contributed by atoms with Crippen LogP contribution in [-0.4, -0.2) is 36.3 Å². The lowest BCUT2D eigenvalue weighted by Crippen LogP contribution is -2.34. The number of hydrogen-bond donors (Lipinski definition) is 1. The van der Waals surface area contributed by atoms with Crippen LogP contribution in [0.3, 0.4) is 0 Å². The smallest absolute Gasteiger partial charge is 0.237 e. The van der Waals surface area contributed by atoms with Gasteiger partial charge in [0.15, 0.2) is 0 Å². The van der Waals surface area contributed by atoms with Crippen molar-refractivity contribution in [1.29, 1.82) is 0 Å². The van der Waals surface area contributed by atoms with Gasteiger partial charge in [0.25, 0.3) is 0 Å². The van der Waals surface area contributed by atoms with Gasteiger partial charge in [-0.15, -0.1) is 0 Å². The Labute approximate surface area is 108 Å². The van der Waals surface area contributed by atoms with E-state index in [1.807, 2.05) is 0 Å². The van der Waals surface area contributed by atoms with E-state index in [0.29, 0.717) is 18.5 Å². The van der Waals surface area contributed by atoms with Crippen molar-refractivity contribution in [2.24, 2.45) is 0 Å². The van der Waals surface area contributed by atoms with Crippen LogP contribution in [-0.2, 0) is 11.3 Å². The van der Waals surface area contributed by atoms with E-state index in [9.17, 15) is 0 Å². The Balaban J connectivity index is 1.68. The van der Waals surface area contributed by atoms with Gasteiger partial charge in [-0.3, -0.25) is 4.98 Å². The van der Waals surface area contributed by atoms with Crippen LogP contribution in [0.15, 0.2) is 12.4 Å². The highest BCUT2D eigenvalue weighted by Gasteiger charge is 2.12. The first-order chi connectivity index (χ1) is 8.90. The molecule has 100 valence electrons. The van der Waals surface area contributed by atoms with Gasteiger partial charge in [-0.25, -0.2) is 4.98 Å². The van der Waals surface area contributed by atoms with Gasteiger partial charge in [-0.2, -0.15) is 0 Å². The minimum atomic E-state index is 0.462. The van der Waals surface area contributed by atoms with Crippen molar-refractivity contribution >= 4 is 0 Å². The molecule has 2 rings (SSSR count). The third-order valence-corrected chi connectivity index (χ3v) is 3.19. The van der Waals surface area contributed by atoms with Gasteiger partial charge >= 0.3 is 0 Å². The van der Waals surface area contributed by atoms with Crippen LogP contribution >= 0.6 is 0 Å². The molecule has 1 N–H and O–H groups in total. The van der Waals surface area contributed by atoms with E-state index in [0.717, 1.165) is 25.3 Å². The van der Waals surface area contributed by atoms with E-state index in [4.69, 9.17) is 9.47 Å². The average Bonchev–Trinajstić information content (AvgIpc) is 2.45. The molecule has 1 aromatic rings. The number of rotatable bonds is 6. The lowest BCUT2D eigenvalue weighted by Gasteiger charge is -2.23. The summed E-state index contributed by atoms with van der Waals surface area (Å²) in [4.78, 5) is 8.29. The van der Waals surface area contributed by atoms with Crippen molar-refractivity contribution in [2.75, 3.05) is 20.3 Å². The van der Waals surface area contributed by atoms with Crippen molar-refractivity contribution in [2.45, 2.75) is 38.3 Å². The summed E-state index contributed by atoms with van der Waals surface area (Å²) >= 11 is 0.